The number of aliphatic hydroxyl groups is 1. The third-order valence-electron chi connectivity index (χ3n) is 8.25. The second kappa shape index (κ2) is 6.95. The van der Waals surface area contributed by atoms with Crippen molar-refractivity contribution >= 4 is 28.6 Å². The van der Waals surface area contributed by atoms with E-state index in [1.54, 1.807) is 12.0 Å². The summed E-state index contributed by atoms with van der Waals surface area (Å²) < 4.78 is 7.69. The van der Waals surface area contributed by atoms with Crippen molar-refractivity contribution in [3.8, 4) is 0 Å². The highest BCUT2D eigenvalue weighted by atomic mass is 16.7. The van der Waals surface area contributed by atoms with Gasteiger partial charge in [0, 0.05) is 29.5 Å². The fraction of sp³-hybridized carbons (Fsp3) is 0.520. The molecule has 2 aliphatic carbocycles. The number of aliphatic imine (C=N–C) groups is 1. The molecule has 1 spiro atoms. The largest absolute Gasteiger partial charge is 0.477 e. The molecular formula is C25H27N3O6. The van der Waals surface area contributed by atoms with Crippen molar-refractivity contribution in [1.82, 2.24) is 10.0 Å². The average Bonchev–Trinajstić information content (AvgIpc) is 3.51. The third kappa shape index (κ3) is 2.84. The molecule has 2 aromatic rings. The van der Waals surface area contributed by atoms with E-state index < -0.39 is 11.5 Å². The van der Waals surface area contributed by atoms with Gasteiger partial charge in [-0.15, -0.1) is 0 Å². The van der Waals surface area contributed by atoms with Gasteiger partial charge in [0.2, 0.25) is 0 Å². The van der Waals surface area contributed by atoms with Crippen LogP contribution in [0.2, 0.25) is 0 Å². The Labute approximate surface area is 196 Å². The van der Waals surface area contributed by atoms with Crippen LogP contribution in [-0.2, 0) is 19.9 Å². The van der Waals surface area contributed by atoms with E-state index in [0.29, 0.717) is 24.8 Å². The quantitative estimate of drug-likeness (QED) is 0.580. The molecule has 34 heavy (non-hydrogen) atoms. The molecule has 178 valence electrons. The molecule has 9 nitrogen and oxygen atoms in total. The van der Waals surface area contributed by atoms with E-state index in [1.165, 1.54) is 5.56 Å². The molecule has 9 heteroatoms. The molecule has 2 saturated carbocycles. The van der Waals surface area contributed by atoms with Gasteiger partial charge < -0.3 is 24.4 Å². The van der Waals surface area contributed by atoms with Crippen LogP contribution < -0.4 is 5.48 Å². The number of aromatic carboxylic acids is 1. The van der Waals surface area contributed by atoms with Gasteiger partial charge in [0.15, 0.2) is 11.8 Å². The Kier molecular flexibility index (Phi) is 4.37. The average molecular weight is 466 g/mol. The molecule has 0 bridgehead atoms. The van der Waals surface area contributed by atoms with Gasteiger partial charge >= 0.3 is 11.9 Å². The van der Waals surface area contributed by atoms with Crippen molar-refractivity contribution in [3.05, 3.63) is 41.4 Å². The normalized spacial score (nSPS) is 33.3. The number of carbonyl (C=O) groups excluding carboxylic acids is 1. The fourth-order valence-corrected chi connectivity index (χ4v) is 6.52. The number of hydrogen-bond acceptors (Lipinski definition) is 7. The van der Waals surface area contributed by atoms with Gasteiger partial charge in [-0.2, -0.15) is 4.99 Å². The van der Waals surface area contributed by atoms with Crippen LogP contribution in [0.1, 0.15) is 61.5 Å². The number of benzene rings is 1. The van der Waals surface area contributed by atoms with Crippen LogP contribution in [-0.4, -0.2) is 51.3 Å². The predicted octanol–water partition coefficient (Wildman–Crippen LogP) is 2.72. The summed E-state index contributed by atoms with van der Waals surface area (Å²) in [5.41, 5.74) is 3.47. The van der Waals surface area contributed by atoms with Gasteiger partial charge in [-0.3, -0.25) is 0 Å². The smallest absolute Gasteiger partial charge is 0.352 e. The van der Waals surface area contributed by atoms with Crippen molar-refractivity contribution in [3.63, 3.8) is 0 Å². The lowest BCUT2D eigenvalue weighted by Gasteiger charge is -2.35. The summed E-state index contributed by atoms with van der Waals surface area (Å²) in [6, 6.07) is 7.85. The van der Waals surface area contributed by atoms with Gasteiger partial charge in [-0.1, -0.05) is 6.07 Å². The van der Waals surface area contributed by atoms with Crippen LogP contribution in [0, 0.1) is 11.3 Å². The molecule has 4 atom stereocenters. The van der Waals surface area contributed by atoms with Gasteiger partial charge in [0.25, 0.3) is 0 Å². The van der Waals surface area contributed by atoms with Crippen LogP contribution in [0.25, 0.3) is 10.9 Å². The number of aliphatic hydroxyl groups excluding tert-OH is 1. The van der Waals surface area contributed by atoms with E-state index in [0.717, 1.165) is 30.2 Å². The molecule has 1 aromatic carbocycles. The van der Waals surface area contributed by atoms with Crippen LogP contribution in [0.5, 0.6) is 0 Å². The summed E-state index contributed by atoms with van der Waals surface area (Å²) in [6.07, 6.45) is 3.17. The number of amidine groups is 1. The highest BCUT2D eigenvalue weighted by molar-refractivity contribution is 6.02. The number of hydroxylamine groups is 1. The number of aromatic nitrogens is 1. The second-order valence-corrected chi connectivity index (χ2v) is 10.6. The second-order valence-electron chi connectivity index (χ2n) is 10.6. The van der Waals surface area contributed by atoms with Crippen LogP contribution >= 0.6 is 0 Å². The molecule has 2 aliphatic heterocycles. The maximum absolute atomic E-state index is 12.4. The van der Waals surface area contributed by atoms with Gasteiger partial charge in [-0.25, -0.2) is 15.1 Å². The lowest BCUT2D eigenvalue weighted by atomic mass is 9.83. The van der Waals surface area contributed by atoms with Gasteiger partial charge in [0.1, 0.15) is 11.2 Å². The summed E-state index contributed by atoms with van der Waals surface area (Å²) in [6.45, 7) is 4.90. The summed E-state index contributed by atoms with van der Waals surface area (Å²) in [5.74, 6) is 1.14. The molecule has 3 fully saturated rings. The lowest BCUT2D eigenvalue weighted by molar-refractivity contribution is -0.0592. The first-order chi connectivity index (χ1) is 16.2. The Morgan fingerprint density at radius 1 is 1.32 bits per heavy atom. The van der Waals surface area contributed by atoms with Crippen LogP contribution in [0.3, 0.4) is 0 Å². The molecule has 0 radical (unpaired) electrons. The van der Waals surface area contributed by atoms with Crippen molar-refractivity contribution in [2.24, 2.45) is 16.3 Å². The summed E-state index contributed by atoms with van der Waals surface area (Å²) >= 11 is 0. The zero-order valence-electron chi connectivity index (χ0n) is 19.1. The number of hydrogen-bond donors (Lipinski definition) is 3. The summed E-state index contributed by atoms with van der Waals surface area (Å²) in [5, 5.41) is 20.9. The zero-order chi connectivity index (χ0) is 23.9. The van der Waals surface area contributed by atoms with E-state index >= 15 is 0 Å². The minimum atomic E-state index is -1.04. The van der Waals surface area contributed by atoms with Crippen molar-refractivity contribution in [2.75, 3.05) is 13.2 Å². The van der Waals surface area contributed by atoms with E-state index in [-0.39, 0.29) is 35.1 Å². The number of ether oxygens (including phenoxy) is 1. The molecular weight excluding hydrogens is 438 g/mol. The van der Waals surface area contributed by atoms with Crippen LogP contribution in [0.4, 0.5) is 0 Å². The zero-order valence-corrected chi connectivity index (χ0v) is 19.1. The predicted molar refractivity (Wildman–Crippen MR) is 122 cm³/mol. The minimum absolute atomic E-state index is 0.0115. The molecule has 0 amide bonds. The molecule has 6 rings (SSSR count). The van der Waals surface area contributed by atoms with Crippen molar-refractivity contribution in [1.29, 1.82) is 0 Å². The van der Waals surface area contributed by atoms with Gasteiger partial charge in [0.05, 0.1) is 5.60 Å². The molecule has 3 heterocycles. The number of carbonyl (C=O) groups is 1. The van der Waals surface area contributed by atoms with Crippen LogP contribution in [0.15, 0.2) is 35.1 Å². The third-order valence-corrected chi connectivity index (χ3v) is 8.25. The van der Waals surface area contributed by atoms with E-state index in [4.69, 9.17) is 9.57 Å². The monoisotopic (exact) mass is 465 g/mol. The SMILES string of the molecule is CC1(C)C[C@@H](c2ccc3c(c2)cc(C(=O)O)n3[C@]2(C3=NC(=C=O)ON3)CC23CC3CO)CCO1. The Hall–Kier alpha value is -3.13. The molecule has 3 N–H and O–H groups in total. The first kappa shape index (κ1) is 21.4. The van der Waals surface area contributed by atoms with Crippen molar-refractivity contribution in [2.45, 2.75) is 56.6 Å². The molecule has 2 unspecified atom stereocenters. The molecule has 1 aromatic heterocycles. The summed E-state index contributed by atoms with van der Waals surface area (Å²) in [4.78, 5) is 33.0. The topological polar surface area (TPSA) is 122 Å². The fourth-order valence-electron chi connectivity index (χ4n) is 6.52. The maximum atomic E-state index is 12.4. The highest BCUT2D eigenvalue weighted by Gasteiger charge is 2.83. The maximum Gasteiger partial charge on any atom is 0.352 e. The Morgan fingerprint density at radius 2 is 2.15 bits per heavy atom. The molecule has 1 saturated heterocycles. The number of nitrogens with zero attached hydrogens (tertiary/aromatic N) is 2. The number of carboxylic acids is 1. The number of rotatable bonds is 5. The number of carboxylic acid groups (broad SMARTS) is 1. The van der Waals surface area contributed by atoms with Gasteiger partial charge in [-0.05, 0) is 75.1 Å². The summed E-state index contributed by atoms with van der Waals surface area (Å²) in [7, 11) is 0. The van der Waals surface area contributed by atoms with E-state index in [2.05, 4.69) is 36.5 Å². The lowest BCUT2D eigenvalue weighted by Crippen LogP contribution is -2.39. The Bertz CT molecular complexity index is 1310. The number of nitrogens with one attached hydrogen (secondary N) is 1. The van der Waals surface area contributed by atoms with E-state index in [1.807, 2.05) is 10.6 Å². The molecule has 4 aliphatic rings. The Balaban J connectivity index is 1.50. The Morgan fingerprint density at radius 3 is 2.79 bits per heavy atom. The first-order valence-electron chi connectivity index (χ1n) is 11.7. The first-order valence-corrected chi connectivity index (χ1v) is 11.7. The minimum Gasteiger partial charge on any atom is -0.477 e. The van der Waals surface area contributed by atoms with Crippen molar-refractivity contribution < 1.29 is 29.4 Å². The highest BCUT2D eigenvalue weighted by Crippen LogP contribution is 2.80. The van der Waals surface area contributed by atoms with E-state index in [9.17, 15) is 19.8 Å². The number of fused-ring (bicyclic) bond motifs is 1. The standard InChI is InChI=1S/C25H27N3O6/c1-23(2)9-15(5-6-33-23)14-3-4-18-16(7-14)8-19(21(31)32)28(18)25(13-24(25)10-17(24)11-29)22-26-20(12-30)34-27-22/h3-4,7-8,15,17,29H,5-6,9-11,13H2,1-2H3,(H,26,27)(H,31,32)/t15-,17?,24?,25-/m0/s1.